The Hall–Kier alpha value is -2.11. The number of hydrogen-bond acceptors (Lipinski definition) is 3. The average molecular weight is 316 g/mol. The molecule has 0 amide bonds. The van der Waals surface area contributed by atoms with Crippen LogP contribution in [0, 0.1) is 5.92 Å². The number of fused-ring (bicyclic) bond motifs is 1. The summed E-state index contributed by atoms with van der Waals surface area (Å²) in [5.74, 6) is 2.58. The van der Waals surface area contributed by atoms with E-state index in [0.717, 1.165) is 55.8 Å². The molecule has 0 bridgehead atoms. The average Bonchev–Trinajstić information content (AvgIpc) is 2.95. The van der Waals surface area contributed by atoms with Gasteiger partial charge in [-0.3, -0.25) is 9.39 Å². The van der Waals surface area contributed by atoms with Crippen LogP contribution in [-0.4, -0.2) is 40.2 Å². The number of aliphatic imine (C=N–C) groups is 1. The lowest BCUT2D eigenvalue weighted by atomic mass is 10.1. The van der Waals surface area contributed by atoms with E-state index in [4.69, 9.17) is 0 Å². The SMILES string of the molecule is CCNC(=NCCCC(C)C)NCCc1nnc2ccccn12. The van der Waals surface area contributed by atoms with Crippen LogP contribution >= 0.6 is 0 Å². The maximum Gasteiger partial charge on any atom is 0.191 e. The van der Waals surface area contributed by atoms with Gasteiger partial charge < -0.3 is 10.6 Å². The molecule has 0 aliphatic heterocycles. The van der Waals surface area contributed by atoms with Crippen LogP contribution in [0.25, 0.3) is 5.65 Å². The second-order valence-corrected chi connectivity index (χ2v) is 6.02. The van der Waals surface area contributed by atoms with Crippen LogP contribution in [0.1, 0.15) is 39.4 Å². The fourth-order valence-corrected chi connectivity index (χ4v) is 2.39. The lowest BCUT2D eigenvalue weighted by molar-refractivity contribution is 0.560. The molecule has 2 heterocycles. The maximum absolute atomic E-state index is 4.62. The predicted octanol–water partition coefficient (Wildman–Crippen LogP) is 2.26. The zero-order valence-electron chi connectivity index (χ0n) is 14.4. The zero-order chi connectivity index (χ0) is 16.5. The highest BCUT2D eigenvalue weighted by Crippen LogP contribution is 2.04. The van der Waals surface area contributed by atoms with Gasteiger partial charge in [-0.2, -0.15) is 0 Å². The molecule has 0 spiro atoms. The van der Waals surface area contributed by atoms with Crippen LogP contribution in [0.15, 0.2) is 29.4 Å². The van der Waals surface area contributed by atoms with Crippen molar-refractivity contribution in [1.29, 1.82) is 0 Å². The summed E-state index contributed by atoms with van der Waals surface area (Å²) in [7, 11) is 0. The van der Waals surface area contributed by atoms with Gasteiger partial charge in [0.15, 0.2) is 11.6 Å². The van der Waals surface area contributed by atoms with Crippen molar-refractivity contribution in [2.45, 2.75) is 40.0 Å². The Labute approximate surface area is 138 Å². The Morgan fingerprint density at radius 1 is 1.26 bits per heavy atom. The standard InChI is InChI=1S/C17H28N6/c1-4-18-17(19-11-7-8-14(2)3)20-12-10-16-22-21-15-9-5-6-13-23(15)16/h5-6,9,13-14H,4,7-8,10-12H2,1-3H3,(H2,18,19,20). The van der Waals surface area contributed by atoms with Gasteiger partial charge >= 0.3 is 0 Å². The molecule has 0 aromatic carbocycles. The summed E-state index contributed by atoms with van der Waals surface area (Å²) in [6, 6.07) is 5.93. The Bertz CT molecular complexity index is 616. The smallest absolute Gasteiger partial charge is 0.191 e. The second kappa shape index (κ2) is 9.12. The third-order valence-electron chi connectivity index (χ3n) is 3.58. The lowest BCUT2D eigenvalue weighted by Crippen LogP contribution is -2.38. The molecule has 6 heteroatoms. The predicted molar refractivity (Wildman–Crippen MR) is 94.7 cm³/mol. The van der Waals surface area contributed by atoms with Crippen LogP contribution in [0.3, 0.4) is 0 Å². The largest absolute Gasteiger partial charge is 0.357 e. The fraction of sp³-hybridized carbons (Fsp3) is 0.588. The van der Waals surface area contributed by atoms with Crippen LogP contribution in [0.4, 0.5) is 0 Å². The molecular formula is C17H28N6. The van der Waals surface area contributed by atoms with E-state index in [-0.39, 0.29) is 0 Å². The van der Waals surface area contributed by atoms with Crippen molar-refractivity contribution < 1.29 is 0 Å². The van der Waals surface area contributed by atoms with Crippen LogP contribution < -0.4 is 10.6 Å². The highest BCUT2D eigenvalue weighted by molar-refractivity contribution is 5.79. The second-order valence-electron chi connectivity index (χ2n) is 6.02. The normalized spacial score (nSPS) is 12.1. The molecule has 0 aliphatic carbocycles. The first kappa shape index (κ1) is 17.2. The monoisotopic (exact) mass is 316 g/mol. The molecule has 0 aliphatic rings. The number of nitrogens with zero attached hydrogens (tertiary/aromatic N) is 4. The number of rotatable bonds is 8. The highest BCUT2D eigenvalue weighted by Gasteiger charge is 2.04. The number of hydrogen-bond donors (Lipinski definition) is 2. The van der Waals surface area contributed by atoms with Gasteiger partial charge in [0.05, 0.1) is 0 Å². The molecule has 0 fully saturated rings. The number of nitrogens with one attached hydrogen (secondary N) is 2. The van der Waals surface area contributed by atoms with Crippen LogP contribution in [-0.2, 0) is 6.42 Å². The fourth-order valence-electron chi connectivity index (χ4n) is 2.39. The van der Waals surface area contributed by atoms with Crippen molar-refractivity contribution >= 4 is 11.6 Å². The molecule has 6 nitrogen and oxygen atoms in total. The minimum atomic E-state index is 0.738. The van der Waals surface area contributed by atoms with E-state index >= 15 is 0 Å². The van der Waals surface area contributed by atoms with Gasteiger partial charge in [0.2, 0.25) is 0 Å². The summed E-state index contributed by atoms with van der Waals surface area (Å²) < 4.78 is 2.02. The summed E-state index contributed by atoms with van der Waals surface area (Å²) in [5.41, 5.74) is 0.886. The Kier molecular flexibility index (Phi) is 6.84. The quantitative estimate of drug-likeness (QED) is 0.445. The van der Waals surface area contributed by atoms with E-state index in [9.17, 15) is 0 Å². The summed E-state index contributed by atoms with van der Waals surface area (Å²) >= 11 is 0. The molecule has 0 unspecified atom stereocenters. The van der Waals surface area contributed by atoms with Gasteiger partial charge in [-0.05, 0) is 37.8 Å². The molecule has 0 saturated carbocycles. The van der Waals surface area contributed by atoms with Crippen molar-refractivity contribution in [2.75, 3.05) is 19.6 Å². The van der Waals surface area contributed by atoms with Crippen molar-refractivity contribution in [2.24, 2.45) is 10.9 Å². The number of aromatic nitrogens is 3. The Balaban J connectivity index is 1.82. The molecule has 23 heavy (non-hydrogen) atoms. The highest BCUT2D eigenvalue weighted by atomic mass is 15.2. The summed E-state index contributed by atoms with van der Waals surface area (Å²) in [6.07, 6.45) is 5.15. The summed E-state index contributed by atoms with van der Waals surface area (Å²) in [4.78, 5) is 4.62. The molecule has 2 aromatic rings. The number of pyridine rings is 1. The van der Waals surface area contributed by atoms with E-state index in [0.29, 0.717) is 0 Å². The first-order valence-electron chi connectivity index (χ1n) is 8.51. The van der Waals surface area contributed by atoms with Gasteiger partial charge in [-0.15, -0.1) is 10.2 Å². The van der Waals surface area contributed by atoms with Crippen LogP contribution in [0.5, 0.6) is 0 Å². The first-order chi connectivity index (χ1) is 11.2. The molecule has 126 valence electrons. The first-order valence-corrected chi connectivity index (χ1v) is 8.51. The molecule has 0 saturated heterocycles. The molecule has 2 rings (SSSR count). The van der Waals surface area contributed by atoms with E-state index in [2.05, 4.69) is 46.6 Å². The zero-order valence-corrected chi connectivity index (χ0v) is 14.4. The Morgan fingerprint density at radius 3 is 2.91 bits per heavy atom. The topological polar surface area (TPSA) is 66.6 Å². The number of guanidine groups is 1. The van der Waals surface area contributed by atoms with Gasteiger partial charge in [0, 0.05) is 32.3 Å². The van der Waals surface area contributed by atoms with E-state index in [1.54, 1.807) is 0 Å². The van der Waals surface area contributed by atoms with Gasteiger partial charge in [-0.25, -0.2) is 0 Å². The Morgan fingerprint density at radius 2 is 2.13 bits per heavy atom. The van der Waals surface area contributed by atoms with Crippen molar-refractivity contribution in [3.63, 3.8) is 0 Å². The van der Waals surface area contributed by atoms with Gasteiger partial charge in [0.25, 0.3) is 0 Å². The minimum absolute atomic E-state index is 0.738. The molecule has 0 radical (unpaired) electrons. The van der Waals surface area contributed by atoms with Crippen molar-refractivity contribution in [3.05, 3.63) is 30.2 Å². The molecule has 2 aromatic heterocycles. The summed E-state index contributed by atoms with van der Waals surface area (Å²) in [5, 5.41) is 15.1. The minimum Gasteiger partial charge on any atom is -0.357 e. The third-order valence-corrected chi connectivity index (χ3v) is 3.58. The third kappa shape index (κ3) is 5.54. The van der Waals surface area contributed by atoms with E-state index in [1.807, 2.05) is 28.8 Å². The molecule has 2 N–H and O–H groups in total. The van der Waals surface area contributed by atoms with Gasteiger partial charge in [0.1, 0.15) is 5.82 Å². The lowest BCUT2D eigenvalue weighted by Gasteiger charge is -2.11. The van der Waals surface area contributed by atoms with E-state index in [1.165, 1.54) is 6.42 Å². The maximum atomic E-state index is 4.62. The van der Waals surface area contributed by atoms with Crippen molar-refractivity contribution in [3.8, 4) is 0 Å². The molecular weight excluding hydrogens is 288 g/mol. The molecule has 0 atom stereocenters. The van der Waals surface area contributed by atoms with E-state index < -0.39 is 0 Å². The summed E-state index contributed by atoms with van der Waals surface area (Å²) in [6.45, 7) is 9.08. The van der Waals surface area contributed by atoms with Crippen molar-refractivity contribution in [1.82, 2.24) is 25.2 Å². The van der Waals surface area contributed by atoms with Crippen LogP contribution in [0.2, 0.25) is 0 Å². The van der Waals surface area contributed by atoms with Gasteiger partial charge in [-0.1, -0.05) is 19.9 Å².